The number of anilines is 1. The summed E-state index contributed by atoms with van der Waals surface area (Å²) in [7, 11) is 1.71. The number of nitrogens with zero attached hydrogens (tertiary/aromatic N) is 5. The first kappa shape index (κ1) is 20.5. The molecule has 28 heavy (non-hydrogen) atoms. The molecular formula is C20H28N6OS. The molecule has 7 nitrogen and oxygen atoms in total. The third-order valence-corrected chi connectivity index (χ3v) is 5.90. The number of ether oxygens (including phenoxy) is 1. The molecule has 3 rings (SSSR count). The summed E-state index contributed by atoms with van der Waals surface area (Å²) >= 11 is 1.70. The van der Waals surface area contributed by atoms with Crippen LogP contribution in [0.1, 0.15) is 49.4 Å². The minimum atomic E-state index is -0.0997. The predicted molar refractivity (Wildman–Crippen MR) is 113 cm³/mol. The molecule has 8 heteroatoms. The number of hydrogen-bond donors (Lipinski definition) is 1. The van der Waals surface area contributed by atoms with Crippen molar-refractivity contribution in [3.8, 4) is 0 Å². The zero-order chi connectivity index (χ0) is 20.1. The van der Waals surface area contributed by atoms with Crippen LogP contribution in [0.2, 0.25) is 0 Å². The van der Waals surface area contributed by atoms with Crippen LogP contribution >= 0.6 is 11.8 Å². The van der Waals surface area contributed by atoms with Gasteiger partial charge in [0.25, 0.3) is 0 Å². The Bertz CT molecular complexity index is 928. The van der Waals surface area contributed by atoms with Crippen LogP contribution in [0.3, 0.4) is 0 Å². The highest BCUT2D eigenvalue weighted by atomic mass is 32.2. The molecule has 0 saturated heterocycles. The molecule has 2 N–H and O–H groups in total. The van der Waals surface area contributed by atoms with Gasteiger partial charge in [-0.05, 0) is 45.2 Å². The van der Waals surface area contributed by atoms with Crippen molar-refractivity contribution in [2.45, 2.75) is 57.8 Å². The average molecular weight is 401 g/mol. The normalized spacial score (nSPS) is 12.6. The highest BCUT2D eigenvalue weighted by Gasteiger charge is 2.20. The minimum absolute atomic E-state index is 0.0997. The lowest BCUT2D eigenvalue weighted by Crippen LogP contribution is -2.09. The van der Waals surface area contributed by atoms with Gasteiger partial charge >= 0.3 is 0 Å². The molecule has 0 aromatic carbocycles. The van der Waals surface area contributed by atoms with Crippen molar-refractivity contribution >= 4 is 28.6 Å². The number of thioether (sulfide) groups is 1. The van der Waals surface area contributed by atoms with E-state index in [1.54, 1.807) is 31.3 Å². The Balaban J connectivity index is 1.69. The Morgan fingerprint density at radius 3 is 2.61 bits per heavy atom. The number of pyridine rings is 1. The van der Waals surface area contributed by atoms with Crippen LogP contribution < -0.4 is 5.73 Å². The molecule has 3 aromatic heterocycles. The van der Waals surface area contributed by atoms with Crippen LogP contribution in [-0.2, 0) is 11.3 Å². The van der Waals surface area contributed by atoms with Crippen molar-refractivity contribution < 1.29 is 4.74 Å². The quantitative estimate of drug-likeness (QED) is 0.328. The van der Waals surface area contributed by atoms with Gasteiger partial charge in [0.1, 0.15) is 17.4 Å². The molecule has 0 saturated carbocycles. The van der Waals surface area contributed by atoms with E-state index in [0.29, 0.717) is 5.82 Å². The standard InChI is InChI=1S/C20H28N6OS/c1-13-14(2)24-18(21)16-17(13)26(19(25-16)15(3)27-4)11-6-5-7-12-28-20-22-9-8-10-23-20/h8-10,15H,5-7,11-12H2,1-4H3,(H2,21,24). The first-order chi connectivity index (χ1) is 13.5. The smallest absolute Gasteiger partial charge is 0.187 e. The number of aryl methyl sites for hydroxylation is 3. The van der Waals surface area contributed by atoms with Crippen LogP contribution in [0.5, 0.6) is 0 Å². The number of nitrogen functional groups attached to an aromatic ring is 1. The number of hydrogen-bond acceptors (Lipinski definition) is 7. The molecule has 3 heterocycles. The third kappa shape index (κ3) is 4.44. The second-order valence-electron chi connectivity index (χ2n) is 6.84. The van der Waals surface area contributed by atoms with Gasteiger partial charge in [0, 0.05) is 37.5 Å². The van der Waals surface area contributed by atoms with Crippen molar-refractivity contribution in [3.05, 3.63) is 35.5 Å². The molecule has 0 aliphatic rings. The molecule has 0 bridgehead atoms. The summed E-state index contributed by atoms with van der Waals surface area (Å²) in [5, 5.41) is 0.841. The Kier molecular flexibility index (Phi) is 6.85. The second-order valence-corrected chi connectivity index (χ2v) is 7.91. The lowest BCUT2D eigenvalue weighted by atomic mass is 10.2. The summed E-state index contributed by atoms with van der Waals surface area (Å²) in [4.78, 5) is 17.7. The molecule has 0 radical (unpaired) electrons. The Morgan fingerprint density at radius 1 is 1.14 bits per heavy atom. The van der Waals surface area contributed by atoms with Gasteiger partial charge in [-0.1, -0.05) is 18.2 Å². The van der Waals surface area contributed by atoms with Crippen molar-refractivity contribution in [2.75, 3.05) is 18.6 Å². The van der Waals surface area contributed by atoms with Gasteiger partial charge in [-0.3, -0.25) is 0 Å². The van der Waals surface area contributed by atoms with Crippen molar-refractivity contribution in [1.29, 1.82) is 0 Å². The van der Waals surface area contributed by atoms with Gasteiger partial charge in [-0.2, -0.15) is 0 Å². The van der Waals surface area contributed by atoms with Crippen LogP contribution in [0.25, 0.3) is 11.0 Å². The topological polar surface area (TPSA) is 91.7 Å². The van der Waals surface area contributed by atoms with Gasteiger partial charge in [-0.25, -0.2) is 19.9 Å². The van der Waals surface area contributed by atoms with E-state index in [9.17, 15) is 0 Å². The van der Waals surface area contributed by atoms with Crippen LogP contribution in [0.15, 0.2) is 23.6 Å². The molecular weight excluding hydrogens is 372 g/mol. The van der Waals surface area contributed by atoms with E-state index in [2.05, 4.69) is 26.4 Å². The maximum Gasteiger partial charge on any atom is 0.187 e. The molecule has 0 spiro atoms. The monoisotopic (exact) mass is 400 g/mol. The lowest BCUT2D eigenvalue weighted by Gasteiger charge is -2.15. The van der Waals surface area contributed by atoms with Crippen LogP contribution in [0, 0.1) is 13.8 Å². The van der Waals surface area contributed by atoms with Crippen molar-refractivity contribution in [2.24, 2.45) is 0 Å². The maximum absolute atomic E-state index is 6.16. The molecule has 3 aromatic rings. The number of fused-ring (bicyclic) bond motifs is 1. The first-order valence-electron chi connectivity index (χ1n) is 9.58. The van der Waals surface area contributed by atoms with Gasteiger partial charge in [-0.15, -0.1) is 0 Å². The lowest BCUT2D eigenvalue weighted by molar-refractivity contribution is 0.109. The molecule has 0 fully saturated rings. The summed E-state index contributed by atoms with van der Waals surface area (Å²) in [5.41, 5.74) is 10.1. The number of imidazole rings is 1. The largest absolute Gasteiger partial charge is 0.382 e. The van der Waals surface area contributed by atoms with Gasteiger partial charge in [0.2, 0.25) is 0 Å². The fourth-order valence-corrected chi connectivity index (χ4v) is 4.03. The number of nitrogens with two attached hydrogens (primary N) is 1. The summed E-state index contributed by atoms with van der Waals surface area (Å²) in [5.74, 6) is 2.41. The zero-order valence-electron chi connectivity index (χ0n) is 17.0. The van der Waals surface area contributed by atoms with Crippen LogP contribution in [-0.4, -0.2) is 37.4 Å². The zero-order valence-corrected chi connectivity index (χ0v) is 17.8. The van der Waals surface area contributed by atoms with Crippen LogP contribution in [0.4, 0.5) is 5.82 Å². The van der Waals surface area contributed by atoms with E-state index >= 15 is 0 Å². The minimum Gasteiger partial charge on any atom is -0.382 e. The maximum atomic E-state index is 6.16. The number of unbranched alkanes of at least 4 members (excludes halogenated alkanes) is 2. The highest BCUT2D eigenvalue weighted by molar-refractivity contribution is 7.99. The summed E-state index contributed by atoms with van der Waals surface area (Å²) in [6.07, 6.45) is 6.76. The fourth-order valence-electron chi connectivity index (χ4n) is 3.23. The fraction of sp³-hybridized carbons (Fsp3) is 0.500. The number of aromatic nitrogens is 5. The van der Waals surface area contributed by atoms with Gasteiger partial charge in [0.15, 0.2) is 11.0 Å². The van der Waals surface area contributed by atoms with E-state index in [1.807, 2.05) is 19.9 Å². The summed E-state index contributed by atoms with van der Waals surface area (Å²) in [6.45, 7) is 6.97. The predicted octanol–water partition coefficient (Wildman–Crippen LogP) is 4.09. The third-order valence-electron chi connectivity index (χ3n) is 4.94. The molecule has 1 atom stereocenters. The summed E-state index contributed by atoms with van der Waals surface area (Å²) < 4.78 is 7.81. The SMILES string of the molecule is COC(C)c1nc2c(N)nc(C)c(C)c2n1CCCCCSc1ncccn1. The number of methoxy groups -OCH3 is 1. The van der Waals surface area contributed by atoms with Crippen molar-refractivity contribution in [1.82, 2.24) is 24.5 Å². The molecule has 0 aliphatic heterocycles. The molecule has 1 unspecified atom stereocenters. The Morgan fingerprint density at radius 2 is 1.89 bits per heavy atom. The number of rotatable bonds is 9. The molecule has 150 valence electrons. The molecule has 0 amide bonds. The Labute approximate surface area is 170 Å². The highest BCUT2D eigenvalue weighted by Crippen LogP contribution is 2.29. The first-order valence-corrected chi connectivity index (χ1v) is 10.6. The van der Waals surface area contributed by atoms with Gasteiger partial charge in [0.05, 0.1) is 5.52 Å². The summed E-state index contributed by atoms with van der Waals surface area (Å²) in [6, 6.07) is 1.84. The average Bonchev–Trinajstić information content (AvgIpc) is 3.09. The van der Waals surface area contributed by atoms with Crippen molar-refractivity contribution in [3.63, 3.8) is 0 Å². The van der Waals surface area contributed by atoms with E-state index in [-0.39, 0.29) is 6.10 Å². The van der Waals surface area contributed by atoms with E-state index in [4.69, 9.17) is 15.5 Å². The van der Waals surface area contributed by atoms with E-state index in [1.165, 1.54) is 0 Å². The van der Waals surface area contributed by atoms with E-state index in [0.717, 1.165) is 64.8 Å². The van der Waals surface area contributed by atoms with Gasteiger partial charge < -0.3 is 15.0 Å². The molecule has 0 aliphatic carbocycles. The second kappa shape index (κ2) is 9.34. The Hall–Kier alpha value is -2.19. The van der Waals surface area contributed by atoms with E-state index < -0.39 is 0 Å².